The lowest BCUT2D eigenvalue weighted by atomic mass is 9.96. The van der Waals surface area contributed by atoms with E-state index in [-0.39, 0.29) is 12.2 Å². The van der Waals surface area contributed by atoms with Crippen molar-refractivity contribution in [2.75, 3.05) is 12.9 Å². The molecule has 0 aliphatic carbocycles. The molecule has 2 aromatic heterocycles. The van der Waals surface area contributed by atoms with Gasteiger partial charge in [-0.25, -0.2) is 9.79 Å². The molecule has 1 aliphatic rings. The molecule has 0 fully saturated rings. The molecule has 0 saturated carbocycles. The summed E-state index contributed by atoms with van der Waals surface area (Å²) in [5.74, 6) is 0.516. The minimum atomic E-state index is -0.668. The van der Waals surface area contributed by atoms with Crippen molar-refractivity contribution in [3.63, 3.8) is 0 Å². The summed E-state index contributed by atoms with van der Waals surface area (Å²) in [5.41, 5.74) is 2.56. The van der Waals surface area contributed by atoms with E-state index in [2.05, 4.69) is 11.1 Å². The molecule has 38 heavy (non-hydrogen) atoms. The van der Waals surface area contributed by atoms with Gasteiger partial charge >= 0.3 is 5.97 Å². The molecule has 4 aromatic rings. The van der Waals surface area contributed by atoms with Crippen LogP contribution in [0.1, 0.15) is 36.8 Å². The minimum absolute atomic E-state index is 0.216. The van der Waals surface area contributed by atoms with E-state index in [4.69, 9.17) is 9.15 Å². The molecule has 190 valence electrons. The molecule has 0 amide bonds. The number of thioether (sulfide) groups is 1. The van der Waals surface area contributed by atoms with E-state index < -0.39 is 12.0 Å². The van der Waals surface area contributed by atoms with Crippen LogP contribution in [0.3, 0.4) is 0 Å². The number of furan rings is 1. The quantitative estimate of drug-likeness (QED) is 0.260. The molecule has 1 atom stereocenters. The van der Waals surface area contributed by atoms with Crippen LogP contribution in [0.2, 0.25) is 0 Å². The van der Waals surface area contributed by atoms with E-state index in [1.54, 1.807) is 60.5 Å². The van der Waals surface area contributed by atoms with E-state index in [1.807, 2.05) is 42.7 Å². The van der Waals surface area contributed by atoms with Crippen LogP contribution in [0.5, 0.6) is 0 Å². The number of benzene rings is 2. The molecule has 0 spiro atoms. The lowest BCUT2D eigenvalue weighted by Gasteiger charge is -2.24. The smallest absolute Gasteiger partial charge is 0.338 e. The van der Waals surface area contributed by atoms with Crippen molar-refractivity contribution >= 4 is 35.1 Å². The fourth-order valence-corrected chi connectivity index (χ4v) is 5.83. The average molecular weight is 542 g/mol. The number of nitriles is 1. The normalized spacial score (nSPS) is 15.1. The van der Waals surface area contributed by atoms with Gasteiger partial charge in [0.1, 0.15) is 11.5 Å². The number of aromatic nitrogens is 1. The number of hydrogen-bond acceptors (Lipinski definition) is 8. The minimum Gasteiger partial charge on any atom is -0.463 e. The van der Waals surface area contributed by atoms with Gasteiger partial charge in [-0.3, -0.25) is 9.36 Å². The lowest BCUT2D eigenvalue weighted by molar-refractivity contribution is -0.139. The van der Waals surface area contributed by atoms with Crippen LogP contribution in [-0.2, 0) is 9.53 Å². The third-order valence-electron chi connectivity index (χ3n) is 6.16. The second kappa shape index (κ2) is 10.7. The number of fused-ring (bicyclic) bond motifs is 1. The predicted molar refractivity (Wildman–Crippen MR) is 147 cm³/mol. The number of carbonyl (C=O) groups excluding carboxylic acids is 1. The molecular formula is C29H23N3O4S2. The zero-order valence-corrected chi connectivity index (χ0v) is 22.6. The van der Waals surface area contributed by atoms with Crippen LogP contribution in [0, 0.1) is 11.3 Å². The molecule has 0 radical (unpaired) electrons. The van der Waals surface area contributed by atoms with Gasteiger partial charge in [-0.1, -0.05) is 35.6 Å². The third-order valence-corrected chi connectivity index (χ3v) is 7.89. The second-order valence-corrected chi connectivity index (χ2v) is 10.3. The molecule has 0 bridgehead atoms. The van der Waals surface area contributed by atoms with Gasteiger partial charge in [0.2, 0.25) is 0 Å². The monoisotopic (exact) mass is 541 g/mol. The van der Waals surface area contributed by atoms with Crippen molar-refractivity contribution in [3.8, 4) is 17.4 Å². The Labute approximate surface area is 227 Å². The van der Waals surface area contributed by atoms with Gasteiger partial charge in [0.15, 0.2) is 4.80 Å². The number of allylic oxidation sites excluding steroid dienone is 1. The van der Waals surface area contributed by atoms with Crippen LogP contribution in [0.25, 0.3) is 17.4 Å². The zero-order chi connectivity index (χ0) is 26.8. The highest BCUT2D eigenvalue weighted by molar-refractivity contribution is 7.98. The first kappa shape index (κ1) is 25.5. The number of nitrogens with zero attached hydrogens (tertiary/aromatic N) is 3. The van der Waals surface area contributed by atoms with Crippen molar-refractivity contribution in [2.45, 2.75) is 24.8 Å². The second-order valence-electron chi connectivity index (χ2n) is 8.43. The predicted octanol–water partition coefficient (Wildman–Crippen LogP) is 4.65. The fourth-order valence-electron chi connectivity index (χ4n) is 4.39. The molecule has 2 aromatic carbocycles. The number of carbonyl (C=O) groups is 1. The van der Waals surface area contributed by atoms with Crippen LogP contribution >= 0.6 is 23.1 Å². The van der Waals surface area contributed by atoms with Crippen molar-refractivity contribution in [2.24, 2.45) is 4.99 Å². The summed E-state index contributed by atoms with van der Waals surface area (Å²) in [4.78, 5) is 33.0. The zero-order valence-electron chi connectivity index (χ0n) is 20.9. The van der Waals surface area contributed by atoms with Gasteiger partial charge in [-0.15, -0.1) is 11.8 Å². The molecule has 5 rings (SSSR count). The van der Waals surface area contributed by atoms with Crippen LogP contribution in [0.15, 0.2) is 91.0 Å². The first-order chi connectivity index (χ1) is 18.4. The maximum Gasteiger partial charge on any atom is 0.338 e. The Morgan fingerprint density at radius 1 is 1.21 bits per heavy atom. The lowest BCUT2D eigenvalue weighted by Crippen LogP contribution is -2.39. The summed E-state index contributed by atoms with van der Waals surface area (Å²) in [6, 6.07) is 20.0. The molecule has 7 nitrogen and oxygen atoms in total. The Kier molecular flexibility index (Phi) is 7.18. The van der Waals surface area contributed by atoms with Gasteiger partial charge < -0.3 is 9.15 Å². The molecule has 1 aliphatic heterocycles. The number of esters is 1. The van der Waals surface area contributed by atoms with E-state index in [9.17, 15) is 14.9 Å². The summed E-state index contributed by atoms with van der Waals surface area (Å²) in [6.07, 6.45) is 3.66. The van der Waals surface area contributed by atoms with E-state index in [0.717, 1.165) is 10.5 Å². The van der Waals surface area contributed by atoms with Gasteiger partial charge in [0.05, 0.1) is 40.1 Å². The van der Waals surface area contributed by atoms with Crippen LogP contribution < -0.4 is 14.9 Å². The molecule has 0 unspecified atom stereocenters. The standard InChI is InChI=1S/C29H23N3O4S2/c1-4-35-28(34)25-17(2)31-29-32(26(25)18-9-12-21(37-3)13-10-18)27(33)24(38-29)15-20-11-14-23(36-20)22-8-6-5-7-19(22)16-30/h5-15,26H,4H2,1-3H3/t26-/m0/s1. The average Bonchev–Trinajstić information content (AvgIpc) is 3.52. The Hall–Kier alpha value is -4.13. The Balaban J connectivity index is 1.64. The summed E-state index contributed by atoms with van der Waals surface area (Å²) < 4.78 is 13.3. The molecule has 0 N–H and O–H groups in total. The summed E-state index contributed by atoms with van der Waals surface area (Å²) >= 11 is 2.85. The van der Waals surface area contributed by atoms with Gasteiger partial charge in [0, 0.05) is 16.5 Å². The highest BCUT2D eigenvalue weighted by Gasteiger charge is 2.33. The Morgan fingerprint density at radius 3 is 2.68 bits per heavy atom. The number of thiazole rings is 1. The maximum atomic E-state index is 13.8. The number of rotatable bonds is 6. The van der Waals surface area contributed by atoms with Gasteiger partial charge in [-0.2, -0.15) is 5.26 Å². The van der Waals surface area contributed by atoms with E-state index in [1.165, 1.54) is 11.3 Å². The summed E-state index contributed by atoms with van der Waals surface area (Å²) in [5, 5.41) is 9.42. The molecular weight excluding hydrogens is 518 g/mol. The Bertz CT molecular complexity index is 1790. The van der Waals surface area contributed by atoms with Crippen LogP contribution in [-0.4, -0.2) is 23.4 Å². The van der Waals surface area contributed by atoms with Crippen molar-refractivity contribution in [3.05, 3.63) is 109 Å². The number of hydrogen-bond donors (Lipinski definition) is 0. The fraction of sp³-hybridized carbons (Fsp3) is 0.172. The van der Waals surface area contributed by atoms with Crippen molar-refractivity contribution < 1.29 is 13.9 Å². The highest BCUT2D eigenvalue weighted by atomic mass is 32.2. The first-order valence-electron chi connectivity index (χ1n) is 11.9. The molecule has 9 heteroatoms. The SMILES string of the molecule is CCOC(=O)C1=C(C)N=c2sc(=Cc3ccc(-c4ccccc4C#N)o3)c(=O)n2[C@H]1c1ccc(SC)cc1. The van der Waals surface area contributed by atoms with Gasteiger partial charge in [-0.05, 0) is 62.1 Å². The maximum absolute atomic E-state index is 13.8. The summed E-state index contributed by atoms with van der Waals surface area (Å²) in [7, 11) is 0. The highest BCUT2D eigenvalue weighted by Crippen LogP contribution is 2.32. The molecule has 3 heterocycles. The van der Waals surface area contributed by atoms with E-state index in [0.29, 0.717) is 43.3 Å². The van der Waals surface area contributed by atoms with E-state index >= 15 is 0 Å². The summed E-state index contributed by atoms with van der Waals surface area (Å²) in [6.45, 7) is 3.73. The van der Waals surface area contributed by atoms with Crippen molar-refractivity contribution in [1.29, 1.82) is 5.26 Å². The Morgan fingerprint density at radius 2 is 1.97 bits per heavy atom. The van der Waals surface area contributed by atoms with Crippen molar-refractivity contribution in [1.82, 2.24) is 4.57 Å². The number of ether oxygens (including phenoxy) is 1. The van der Waals surface area contributed by atoms with Crippen LogP contribution in [0.4, 0.5) is 0 Å². The molecule has 0 saturated heterocycles. The third kappa shape index (κ3) is 4.64. The topological polar surface area (TPSA) is 97.6 Å². The first-order valence-corrected chi connectivity index (χ1v) is 13.9. The van der Waals surface area contributed by atoms with Gasteiger partial charge in [0.25, 0.3) is 5.56 Å². The largest absolute Gasteiger partial charge is 0.463 e.